The lowest BCUT2D eigenvalue weighted by atomic mass is 10.1. The first-order chi connectivity index (χ1) is 13.0. The number of aromatic nitrogens is 4. The van der Waals surface area contributed by atoms with E-state index in [4.69, 9.17) is 4.52 Å². The minimum absolute atomic E-state index is 0.0686. The number of hydrogen-bond acceptors (Lipinski definition) is 5. The lowest BCUT2D eigenvalue weighted by Crippen LogP contribution is -2.31. The van der Waals surface area contributed by atoms with Gasteiger partial charge in [-0.3, -0.25) is 10.00 Å². The van der Waals surface area contributed by atoms with Gasteiger partial charge in [0.25, 0.3) is 0 Å². The van der Waals surface area contributed by atoms with Crippen LogP contribution in [0, 0.1) is 6.92 Å². The van der Waals surface area contributed by atoms with Gasteiger partial charge in [-0.05, 0) is 19.4 Å². The maximum absolute atomic E-state index is 12.5. The number of anilines is 1. The fourth-order valence-corrected chi connectivity index (χ4v) is 2.66. The standard InChI is InChI=1S/C19H24N6O2/c1-5-16-20-17(27-23-16)12-24(4)19(26)21-18-13(2)11-25(22-18)14(3)15-9-7-6-8-10-15/h6-11,14H,5,12H2,1-4H3,(H,21,22,26)/t14-/m0/s1. The molecule has 2 amide bonds. The van der Waals surface area contributed by atoms with Crippen LogP contribution in [0.1, 0.15) is 42.7 Å². The lowest BCUT2D eigenvalue weighted by molar-refractivity contribution is 0.213. The minimum Gasteiger partial charge on any atom is -0.337 e. The summed E-state index contributed by atoms with van der Waals surface area (Å²) < 4.78 is 6.99. The zero-order valence-corrected chi connectivity index (χ0v) is 16.0. The third kappa shape index (κ3) is 4.33. The Morgan fingerprint density at radius 3 is 2.74 bits per heavy atom. The van der Waals surface area contributed by atoms with Crippen LogP contribution in [0.25, 0.3) is 0 Å². The third-order valence-corrected chi connectivity index (χ3v) is 4.36. The number of carbonyl (C=O) groups is 1. The second-order valence-corrected chi connectivity index (χ2v) is 6.47. The van der Waals surface area contributed by atoms with Crippen LogP contribution < -0.4 is 5.32 Å². The highest BCUT2D eigenvalue weighted by Crippen LogP contribution is 2.21. The van der Waals surface area contributed by atoms with Gasteiger partial charge < -0.3 is 9.42 Å². The van der Waals surface area contributed by atoms with E-state index < -0.39 is 0 Å². The van der Waals surface area contributed by atoms with Crippen LogP contribution in [0.3, 0.4) is 0 Å². The van der Waals surface area contributed by atoms with E-state index in [9.17, 15) is 4.79 Å². The SMILES string of the molecule is CCc1noc(CN(C)C(=O)Nc2nn([C@@H](C)c3ccccc3)cc2C)n1. The summed E-state index contributed by atoms with van der Waals surface area (Å²) >= 11 is 0. The number of urea groups is 1. The normalized spacial score (nSPS) is 12.0. The predicted octanol–water partition coefficient (Wildman–Crippen LogP) is 3.41. The summed E-state index contributed by atoms with van der Waals surface area (Å²) in [7, 11) is 1.67. The topological polar surface area (TPSA) is 89.1 Å². The molecule has 8 nitrogen and oxygen atoms in total. The Balaban J connectivity index is 1.66. The van der Waals surface area contributed by atoms with E-state index in [1.54, 1.807) is 7.05 Å². The molecule has 1 aromatic carbocycles. The van der Waals surface area contributed by atoms with E-state index in [-0.39, 0.29) is 18.6 Å². The van der Waals surface area contributed by atoms with Crippen molar-refractivity contribution in [2.75, 3.05) is 12.4 Å². The average molecular weight is 368 g/mol. The number of amides is 2. The van der Waals surface area contributed by atoms with Gasteiger partial charge in [-0.25, -0.2) is 4.79 Å². The van der Waals surface area contributed by atoms with Gasteiger partial charge in [0.05, 0.1) is 6.04 Å². The molecule has 2 aromatic heterocycles. The molecule has 2 heterocycles. The fourth-order valence-electron chi connectivity index (χ4n) is 2.66. The maximum Gasteiger partial charge on any atom is 0.323 e. The highest BCUT2D eigenvalue weighted by atomic mass is 16.5. The summed E-state index contributed by atoms with van der Waals surface area (Å²) in [6.07, 6.45) is 2.62. The van der Waals surface area contributed by atoms with Gasteiger partial charge in [-0.1, -0.05) is 42.4 Å². The molecule has 0 aliphatic heterocycles. The van der Waals surface area contributed by atoms with E-state index in [1.807, 2.05) is 42.9 Å². The molecule has 27 heavy (non-hydrogen) atoms. The molecule has 0 saturated heterocycles. The highest BCUT2D eigenvalue weighted by Gasteiger charge is 2.17. The largest absolute Gasteiger partial charge is 0.337 e. The average Bonchev–Trinajstić information content (AvgIpc) is 3.28. The molecular weight excluding hydrogens is 344 g/mol. The van der Waals surface area contributed by atoms with Gasteiger partial charge >= 0.3 is 6.03 Å². The Kier molecular flexibility index (Phi) is 5.54. The summed E-state index contributed by atoms with van der Waals surface area (Å²) in [6, 6.07) is 9.89. The number of carbonyl (C=O) groups excluding carboxylic acids is 1. The first-order valence-electron chi connectivity index (χ1n) is 8.92. The summed E-state index contributed by atoms with van der Waals surface area (Å²) in [6.45, 7) is 6.17. The van der Waals surface area contributed by atoms with Crippen LogP contribution in [0.5, 0.6) is 0 Å². The summed E-state index contributed by atoms with van der Waals surface area (Å²) in [4.78, 5) is 18.2. The Morgan fingerprint density at radius 2 is 2.07 bits per heavy atom. The number of hydrogen-bond donors (Lipinski definition) is 1. The second-order valence-electron chi connectivity index (χ2n) is 6.47. The van der Waals surface area contributed by atoms with E-state index in [0.717, 1.165) is 11.1 Å². The van der Waals surface area contributed by atoms with Crippen molar-refractivity contribution in [1.29, 1.82) is 0 Å². The zero-order chi connectivity index (χ0) is 19.4. The molecule has 3 rings (SSSR count). The summed E-state index contributed by atoms with van der Waals surface area (Å²) in [5.74, 6) is 1.57. The van der Waals surface area contributed by atoms with Gasteiger partial charge in [-0.15, -0.1) is 0 Å². The second kappa shape index (κ2) is 8.03. The molecule has 142 valence electrons. The van der Waals surface area contributed by atoms with Crippen LogP contribution in [0.2, 0.25) is 0 Å². The van der Waals surface area contributed by atoms with Gasteiger partial charge in [0.15, 0.2) is 11.6 Å². The third-order valence-electron chi connectivity index (χ3n) is 4.36. The van der Waals surface area contributed by atoms with Gasteiger partial charge in [0.1, 0.15) is 6.54 Å². The van der Waals surface area contributed by atoms with E-state index in [2.05, 4.69) is 39.6 Å². The van der Waals surface area contributed by atoms with Crippen molar-refractivity contribution in [2.24, 2.45) is 0 Å². The van der Waals surface area contributed by atoms with Crippen molar-refractivity contribution in [3.63, 3.8) is 0 Å². The van der Waals surface area contributed by atoms with Crippen molar-refractivity contribution in [3.05, 3.63) is 59.4 Å². The minimum atomic E-state index is -0.285. The maximum atomic E-state index is 12.5. The molecular formula is C19H24N6O2. The van der Waals surface area contributed by atoms with Crippen LogP contribution in [0.15, 0.2) is 41.1 Å². The number of benzene rings is 1. The van der Waals surface area contributed by atoms with Crippen LogP contribution >= 0.6 is 0 Å². The number of nitrogens with zero attached hydrogens (tertiary/aromatic N) is 5. The van der Waals surface area contributed by atoms with E-state index in [0.29, 0.717) is 24.0 Å². The first kappa shape index (κ1) is 18.6. The first-order valence-corrected chi connectivity index (χ1v) is 8.92. The van der Waals surface area contributed by atoms with Gasteiger partial charge in [0.2, 0.25) is 5.89 Å². The molecule has 3 aromatic rings. The molecule has 0 aliphatic rings. The smallest absolute Gasteiger partial charge is 0.323 e. The Hall–Kier alpha value is -3.16. The molecule has 0 saturated carbocycles. The molecule has 0 aliphatic carbocycles. The van der Waals surface area contributed by atoms with Crippen LogP contribution in [-0.2, 0) is 13.0 Å². The Morgan fingerprint density at radius 1 is 1.33 bits per heavy atom. The number of aryl methyl sites for hydroxylation is 2. The van der Waals surface area contributed by atoms with Crippen molar-refractivity contribution in [2.45, 2.75) is 39.8 Å². The monoisotopic (exact) mass is 368 g/mol. The molecule has 0 fully saturated rings. The number of rotatable bonds is 6. The van der Waals surface area contributed by atoms with Crippen molar-refractivity contribution in [3.8, 4) is 0 Å². The van der Waals surface area contributed by atoms with Crippen LogP contribution in [-0.4, -0.2) is 37.9 Å². The molecule has 0 spiro atoms. The molecule has 0 bridgehead atoms. The van der Waals surface area contributed by atoms with Crippen LogP contribution in [0.4, 0.5) is 10.6 Å². The molecule has 1 N–H and O–H groups in total. The fraction of sp³-hybridized carbons (Fsp3) is 0.368. The van der Waals surface area contributed by atoms with Gasteiger partial charge in [0, 0.05) is 25.2 Å². The van der Waals surface area contributed by atoms with Crippen molar-refractivity contribution >= 4 is 11.8 Å². The Labute approximate surface area is 158 Å². The summed E-state index contributed by atoms with van der Waals surface area (Å²) in [5.41, 5.74) is 2.05. The van der Waals surface area contributed by atoms with E-state index >= 15 is 0 Å². The van der Waals surface area contributed by atoms with Crippen molar-refractivity contribution in [1.82, 2.24) is 24.8 Å². The quantitative estimate of drug-likeness (QED) is 0.720. The van der Waals surface area contributed by atoms with E-state index in [1.165, 1.54) is 4.90 Å². The highest BCUT2D eigenvalue weighted by molar-refractivity contribution is 5.88. The molecule has 8 heteroatoms. The van der Waals surface area contributed by atoms with Gasteiger partial charge in [-0.2, -0.15) is 10.1 Å². The number of nitrogens with one attached hydrogen (secondary N) is 1. The summed E-state index contributed by atoms with van der Waals surface area (Å²) in [5, 5.41) is 11.2. The Bertz CT molecular complexity index is 902. The lowest BCUT2D eigenvalue weighted by Gasteiger charge is -2.15. The molecule has 1 atom stereocenters. The molecule has 0 unspecified atom stereocenters. The predicted molar refractivity (Wildman–Crippen MR) is 101 cm³/mol. The zero-order valence-electron chi connectivity index (χ0n) is 16.0. The van der Waals surface area contributed by atoms with Crippen molar-refractivity contribution < 1.29 is 9.32 Å². The molecule has 0 radical (unpaired) electrons.